The van der Waals surface area contributed by atoms with Crippen molar-refractivity contribution in [2.24, 2.45) is 5.73 Å². The molecule has 1 saturated heterocycles. The lowest BCUT2D eigenvalue weighted by molar-refractivity contribution is -0.0750. The second-order valence-corrected chi connectivity index (χ2v) is 7.32. The molecule has 1 heterocycles. The predicted molar refractivity (Wildman–Crippen MR) is 80.0 cm³/mol. The Morgan fingerprint density at radius 2 is 2.10 bits per heavy atom. The van der Waals surface area contributed by atoms with Gasteiger partial charge in [0.05, 0.1) is 24.6 Å². The average Bonchev–Trinajstić information content (AvgIpc) is 2.46. The fourth-order valence-electron chi connectivity index (χ4n) is 2.48. The van der Waals surface area contributed by atoms with Gasteiger partial charge in [0, 0.05) is 19.6 Å². The molecule has 0 amide bonds. The summed E-state index contributed by atoms with van der Waals surface area (Å²) in [4.78, 5) is 0. The number of aliphatic hydroxyl groups is 1. The third kappa shape index (κ3) is 4.24. The molecule has 0 radical (unpaired) electrons. The van der Waals surface area contributed by atoms with Crippen molar-refractivity contribution in [2.75, 3.05) is 19.7 Å². The highest BCUT2D eigenvalue weighted by Crippen LogP contribution is 2.18. The van der Waals surface area contributed by atoms with Gasteiger partial charge in [-0.3, -0.25) is 0 Å². The van der Waals surface area contributed by atoms with Crippen LogP contribution in [0, 0.1) is 0 Å². The van der Waals surface area contributed by atoms with Gasteiger partial charge in [-0.15, -0.1) is 0 Å². The van der Waals surface area contributed by atoms with E-state index in [9.17, 15) is 13.5 Å². The molecule has 21 heavy (non-hydrogen) atoms. The minimum absolute atomic E-state index is 0.0638. The third-order valence-corrected chi connectivity index (χ3v) is 5.25. The van der Waals surface area contributed by atoms with Crippen LogP contribution >= 0.6 is 0 Å². The van der Waals surface area contributed by atoms with E-state index >= 15 is 0 Å². The van der Waals surface area contributed by atoms with Crippen LogP contribution in [0.25, 0.3) is 0 Å². The molecule has 2 rings (SSSR count). The molecule has 0 aliphatic carbocycles. The van der Waals surface area contributed by atoms with Gasteiger partial charge in [0.25, 0.3) is 0 Å². The molecule has 2 unspecified atom stereocenters. The smallest absolute Gasteiger partial charge is 0.218 e. The average molecular weight is 314 g/mol. The van der Waals surface area contributed by atoms with Crippen molar-refractivity contribution in [1.29, 1.82) is 0 Å². The Morgan fingerprint density at radius 3 is 2.76 bits per heavy atom. The molecule has 1 aliphatic rings. The number of ether oxygens (including phenoxy) is 1. The highest BCUT2D eigenvalue weighted by Gasteiger charge is 2.32. The monoisotopic (exact) mass is 314 g/mol. The van der Waals surface area contributed by atoms with Crippen molar-refractivity contribution < 1.29 is 18.3 Å². The molecule has 2 atom stereocenters. The largest absolute Gasteiger partial charge is 0.394 e. The van der Waals surface area contributed by atoms with Gasteiger partial charge >= 0.3 is 0 Å². The Bertz CT molecular complexity index is 576. The van der Waals surface area contributed by atoms with E-state index in [2.05, 4.69) is 0 Å². The van der Waals surface area contributed by atoms with E-state index in [0.717, 1.165) is 11.1 Å². The van der Waals surface area contributed by atoms with Crippen LogP contribution in [0.5, 0.6) is 0 Å². The number of morpholine rings is 1. The summed E-state index contributed by atoms with van der Waals surface area (Å²) < 4.78 is 31.9. The molecule has 1 aromatic rings. The van der Waals surface area contributed by atoms with E-state index in [1.165, 1.54) is 4.31 Å². The molecular formula is C14H22N2O4S. The van der Waals surface area contributed by atoms with Crippen LogP contribution < -0.4 is 5.73 Å². The third-order valence-electron chi connectivity index (χ3n) is 3.47. The molecule has 1 aliphatic heterocycles. The van der Waals surface area contributed by atoms with Gasteiger partial charge in [-0.25, -0.2) is 8.42 Å². The number of hydrogen-bond acceptors (Lipinski definition) is 5. The fourth-order valence-corrected chi connectivity index (χ4v) is 4.09. The normalized spacial score (nSPS) is 24.1. The van der Waals surface area contributed by atoms with Crippen LogP contribution in [0.4, 0.5) is 0 Å². The summed E-state index contributed by atoms with van der Waals surface area (Å²) in [6.45, 7) is 2.52. The maximum Gasteiger partial charge on any atom is 0.218 e. The molecule has 0 bridgehead atoms. The summed E-state index contributed by atoms with van der Waals surface area (Å²) in [7, 11) is -3.44. The fraction of sp³-hybridized carbons (Fsp3) is 0.571. The highest BCUT2D eigenvalue weighted by molar-refractivity contribution is 7.88. The lowest BCUT2D eigenvalue weighted by Gasteiger charge is -2.35. The number of benzene rings is 1. The maximum atomic E-state index is 12.5. The lowest BCUT2D eigenvalue weighted by Crippen LogP contribution is -2.50. The molecule has 6 nitrogen and oxygen atoms in total. The molecule has 0 aromatic heterocycles. The van der Waals surface area contributed by atoms with Crippen LogP contribution in [-0.2, 0) is 27.1 Å². The van der Waals surface area contributed by atoms with E-state index in [0.29, 0.717) is 13.1 Å². The van der Waals surface area contributed by atoms with Crippen LogP contribution in [0.15, 0.2) is 24.3 Å². The Balaban J connectivity index is 2.13. The first kappa shape index (κ1) is 16.4. The molecular weight excluding hydrogens is 292 g/mol. The second-order valence-electron chi connectivity index (χ2n) is 5.35. The standard InChI is InChI=1S/C14H22N2O4S/c1-11-7-16(8-14(9-17)20-11)21(18,19)10-13-4-2-3-12(5-13)6-15/h2-5,11,14,17H,6-10,15H2,1H3. The van der Waals surface area contributed by atoms with Crippen molar-refractivity contribution in [3.63, 3.8) is 0 Å². The number of nitrogens with two attached hydrogens (primary N) is 1. The molecule has 1 fully saturated rings. The summed E-state index contributed by atoms with van der Waals surface area (Å²) in [6.07, 6.45) is -0.681. The SMILES string of the molecule is CC1CN(S(=O)(=O)Cc2cccc(CN)c2)CC(CO)O1. The van der Waals surface area contributed by atoms with Crippen molar-refractivity contribution in [2.45, 2.75) is 31.4 Å². The molecule has 1 aromatic carbocycles. The number of nitrogens with zero attached hydrogens (tertiary/aromatic N) is 1. The zero-order valence-electron chi connectivity index (χ0n) is 12.1. The van der Waals surface area contributed by atoms with Crippen LogP contribution in [0.3, 0.4) is 0 Å². The Hall–Kier alpha value is -0.990. The highest BCUT2D eigenvalue weighted by atomic mass is 32.2. The van der Waals surface area contributed by atoms with E-state index in [-0.39, 0.29) is 25.0 Å². The van der Waals surface area contributed by atoms with Gasteiger partial charge in [-0.05, 0) is 18.1 Å². The van der Waals surface area contributed by atoms with Gasteiger partial charge in [-0.1, -0.05) is 24.3 Å². The summed E-state index contributed by atoms with van der Waals surface area (Å²) >= 11 is 0. The summed E-state index contributed by atoms with van der Waals surface area (Å²) in [6, 6.07) is 7.27. The predicted octanol–water partition coefficient (Wildman–Crippen LogP) is 0.0567. The quantitative estimate of drug-likeness (QED) is 0.801. The van der Waals surface area contributed by atoms with Gasteiger partial charge in [-0.2, -0.15) is 4.31 Å². The summed E-state index contributed by atoms with van der Waals surface area (Å²) in [5.74, 6) is -0.0638. The summed E-state index contributed by atoms with van der Waals surface area (Å²) in [5.41, 5.74) is 7.20. The van der Waals surface area contributed by atoms with Gasteiger partial charge in [0.15, 0.2) is 0 Å². The zero-order chi connectivity index (χ0) is 15.5. The van der Waals surface area contributed by atoms with Crippen LogP contribution in [-0.4, -0.2) is 49.7 Å². The van der Waals surface area contributed by atoms with Crippen molar-refractivity contribution >= 4 is 10.0 Å². The van der Waals surface area contributed by atoms with Gasteiger partial charge < -0.3 is 15.6 Å². The summed E-state index contributed by atoms with van der Waals surface area (Å²) in [5, 5.41) is 9.19. The van der Waals surface area contributed by atoms with E-state index in [1.807, 2.05) is 18.2 Å². The Labute approximate surface area is 125 Å². The molecule has 3 N–H and O–H groups in total. The van der Waals surface area contributed by atoms with Gasteiger partial charge in [0.2, 0.25) is 10.0 Å². The molecule has 7 heteroatoms. The Kier molecular flexibility index (Phi) is 5.34. The molecule has 0 spiro atoms. The maximum absolute atomic E-state index is 12.5. The zero-order valence-corrected chi connectivity index (χ0v) is 12.9. The van der Waals surface area contributed by atoms with E-state index < -0.39 is 16.1 Å². The first-order chi connectivity index (χ1) is 9.94. The van der Waals surface area contributed by atoms with Crippen LogP contribution in [0.2, 0.25) is 0 Å². The van der Waals surface area contributed by atoms with Crippen LogP contribution in [0.1, 0.15) is 18.1 Å². The molecule has 118 valence electrons. The first-order valence-corrected chi connectivity index (χ1v) is 8.57. The van der Waals surface area contributed by atoms with E-state index in [4.69, 9.17) is 10.5 Å². The Morgan fingerprint density at radius 1 is 1.38 bits per heavy atom. The second kappa shape index (κ2) is 6.85. The topological polar surface area (TPSA) is 92.9 Å². The van der Waals surface area contributed by atoms with Crippen molar-refractivity contribution in [3.8, 4) is 0 Å². The minimum atomic E-state index is -3.44. The minimum Gasteiger partial charge on any atom is -0.394 e. The molecule has 0 saturated carbocycles. The van der Waals surface area contributed by atoms with E-state index in [1.54, 1.807) is 13.0 Å². The lowest BCUT2D eigenvalue weighted by atomic mass is 10.1. The first-order valence-electron chi connectivity index (χ1n) is 6.96. The van der Waals surface area contributed by atoms with Crippen molar-refractivity contribution in [3.05, 3.63) is 35.4 Å². The number of rotatable bonds is 5. The number of sulfonamides is 1. The number of aliphatic hydroxyl groups excluding tert-OH is 1. The van der Waals surface area contributed by atoms with Crippen molar-refractivity contribution in [1.82, 2.24) is 4.31 Å². The van der Waals surface area contributed by atoms with Gasteiger partial charge in [0.1, 0.15) is 0 Å². The number of hydrogen-bond donors (Lipinski definition) is 2.